The van der Waals surface area contributed by atoms with Crippen molar-refractivity contribution in [3.63, 3.8) is 0 Å². The van der Waals surface area contributed by atoms with Gasteiger partial charge in [0, 0.05) is 13.1 Å². The summed E-state index contributed by atoms with van der Waals surface area (Å²) in [6, 6.07) is 14.1. The lowest BCUT2D eigenvalue weighted by atomic mass is 10.1. The van der Waals surface area contributed by atoms with Gasteiger partial charge < -0.3 is 14.5 Å². The Kier molecular flexibility index (Phi) is 5.44. The van der Waals surface area contributed by atoms with Crippen LogP contribution in [0.1, 0.15) is 16.8 Å². The van der Waals surface area contributed by atoms with Gasteiger partial charge in [0.2, 0.25) is 0 Å². The SMILES string of the molecule is Cc1cc(OCC(=O)Nc2c(C)n(C)n(-c3ccccc3)c2=O)c2c(C)cc(=O)oc2c1. The number of aryl methyl sites for hydroxylation is 2. The number of nitrogens with zero attached hydrogens (tertiary/aromatic N) is 2. The predicted molar refractivity (Wildman–Crippen MR) is 122 cm³/mol. The minimum absolute atomic E-state index is 0.196. The van der Waals surface area contributed by atoms with E-state index in [1.807, 2.05) is 37.3 Å². The second-order valence-corrected chi connectivity index (χ2v) is 7.66. The number of nitrogens with one attached hydrogen (secondary N) is 1. The van der Waals surface area contributed by atoms with Gasteiger partial charge in [-0.15, -0.1) is 0 Å². The van der Waals surface area contributed by atoms with E-state index < -0.39 is 11.5 Å². The molecule has 0 bridgehead atoms. The quantitative estimate of drug-likeness (QED) is 0.488. The molecule has 0 spiro atoms. The Hall–Kier alpha value is -4.07. The van der Waals surface area contributed by atoms with Gasteiger partial charge in [-0.05, 0) is 56.2 Å². The topological polar surface area (TPSA) is 95.5 Å². The Morgan fingerprint density at radius 2 is 1.78 bits per heavy atom. The lowest BCUT2D eigenvalue weighted by Gasteiger charge is -2.11. The van der Waals surface area contributed by atoms with Gasteiger partial charge in [-0.1, -0.05) is 18.2 Å². The van der Waals surface area contributed by atoms with Crippen molar-refractivity contribution in [2.45, 2.75) is 20.8 Å². The van der Waals surface area contributed by atoms with Gasteiger partial charge in [-0.25, -0.2) is 9.48 Å². The van der Waals surface area contributed by atoms with Crippen LogP contribution in [0.4, 0.5) is 5.69 Å². The fraction of sp³-hybridized carbons (Fsp3) is 0.208. The first kappa shape index (κ1) is 21.2. The zero-order valence-corrected chi connectivity index (χ0v) is 18.3. The Morgan fingerprint density at radius 1 is 1.06 bits per heavy atom. The summed E-state index contributed by atoms with van der Waals surface area (Å²) in [4.78, 5) is 37.3. The van der Waals surface area contributed by atoms with Crippen LogP contribution in [0.25, 0.3) is 16.7 Å². The zero-order valence-electron chi connectivity index (χ0n) is 18.3. The van der Waals surface area contributed by atoms with Crippen LogP contribution in [0.15, 0.2) is 62.5 Å². The van der Waals surface area contributed by atoms with Crippen molar-refractivity contribution in [3.05, 3.63) is 86.1 Å². The molecule has 2 aromatic heterocycles. The average molecular weight is 433 g/mol. The molecular weight excluding hydrogens is 410 g/mol. The first-order valence-corrected chi connectivity index (χ1v) is 10.1. The lowest BCUT2D eigenvalue weighted by Crippen LogP contribution is -2.25. The van der Waals surface area contributed by atoms with Crippen molar-refractivity contribution in [1.29, 1.82) is 0 Å². The molecule has 0 fully saturated rings. The summed E-state index contributed by atoms with van der Waals surface area (Å²) in [6.07, 6.45) is 0. The van der Waals surface area contributed by atoms with Crippen LogP contribution in [-0.2, 0) is 11.8 Å². The van der Waals surface area contributed by atoms with Gasteiger partial charge in [0.15, 0.2) is 6.61 Å². The highest BCUT2D eigenvalue weighted by molar-refractivity contribution is 5.93. The van der Waals surface area contributed by atoms with Gasteiger partial charge in [-0.2, -0.15) is 0 Å². The standard InChI is InChI=1S/C24H23N3O5/c1-14-10-18(22-15(2)12-21(29)32-19(22)11-14)31-13-20(28)25-23-16(3)26(4)27(24(23)30)17-8-6-5-7-9-17/h5-12H,13H2,1-4H3,(H,25,28). The van der Waals surface area contributed by atoms with Crippen LogP contribution >= 0.6 is 0 Å². The molecule has 0 aliphatic heterocycles. The Labute approximate surface area is 183 Å². The Morgan fingerprint density at radius 3 is 2.50 bits per heavy atom. The predicted octanol–water partition coefficient (Wildman–Crippen LogP) is 3.23. The molecule has 0 saturated carbocycles. The van der Waals surface area contributed by atoms with Crippen molar-refractivity contribution in [3.8, 4) is 11.4 Å². The van der Waals surface area contributed by atoms with Gasteiger partial charge in [0.25, 0.3) is 11.5 Å². The highest BCUT2D eigenvalue weighted by Crippen LogP contribution is 2.29. The molecular formula is C24H23N3O5. The largest absolute Gasteiger partial charge is 0.483 e. The van der Waals surface area contributed by atoms with Crippen molar-refractivity contribution < 1.29 is 13.9 Å². The van der Waals surface area contributed by atoms with Crippen molar-refractivity contribution >= 4 is 22.6 Å². The van der Waals surface area contributed by atoms with E-state index in [-0.39, 0.29) is 17.9 Å². The number of para-hydroxylation sites is 1. The monoisotopic (exact) mass is 433 g/mol. The normalized spacial score (nSPS) is 11.0. The van der Waals surface area contributed by atoms with Crippen LogP contribution in [0.3, 0.4) is 0 Å². The number of fused-ring (bicyclic) bond motifs is 1. The number of hydrogen-bond acceptors (Lipinski definition) is 5. The molecule has 0 saturated heterocycles. The number of anilines is 1. The molecule has 0 aliphatic carbocycles. The smallest absolute Gasteiger partial charge is 0.336 e. The van der Waals surface area contributed by atoms with E-state index in [0.717, 1.165) is 5.56 Å². The average Bonchev–Trinajstić information content (AvgIpc) is 2.95. The maximum atomic E-state index is 13.0. The molecule has 0 radical (unpaired) electrons. The molecule has 0 atom stereocenters. The number of carbonyl (C=O) groups excluding carboxylic acids is 1. The number of aromatic nitrogens is 2. The van der Waals surface area contributed by atoms with Crippen LogP contribution in [0.5, 0.6) is 5.75 Å². The minimum atomic E-state index is -0.472. The summed E-state index contributed by atoms with van der Waals surface area (Å²) in [5.74, 6) is -0.0383. The Balaban J connectivity index is 1.59. The molecule has 0 aliphatic rings. The molecule has 1 amide bonds. The maximum Gasteiger partial charge on any atom is 0.336 e. The molecule has 4 rings (SSSR count). The maximum absolute atomic E-state index is 13.0. The molecule has 2 heterocycles. The van der Waals surface area contributed by atoms with Crippen LogP contribution in [0.2, 0.25) is 0 Å². The molecule has 0 unspecified atom stereocenters. The summed E-state index contributed by atoms with van der Waals surface area (Å²) >= 11 is 0. The van der Waals surface area contributed by atoms with E-state index in [4.69, 9.17) is 9.15 Å². The van der Waals surface area contributed by atoms with Gasteiger partial charge in [0.05, 0.1) is 16.8 Å². The van der Waals surface area contributed by atoms with Gasteiger partial charge in [0.1, 0.15) is 17.0 Å². The Bertz CT molecular complexity index is 1440. The summed E-state index contributed by atoms with van der Waals surface area (Å²) < 4.78 is 14.2. The van der Waals surface area contributed by atoms with Gasteiger partial charge >= 0.3 is 5.63 Å². The lowest BCUT2D eigenvalue weighted by molar-refractivity contribution is -0.118. The fourth-order valence-corrected chi connectivity index (χ4v) is 3.72. The highest BCUT2D eigenvalue weighted by Gasteiger charge is 2.19. The number of rotatable bonds is 5. The third-order valence-corrected chi connectivity index (χ3v) is 5.33. The second-order valence-electron chi connectivity index (χ2n) is 7.66. The molecule has 2 aromatic carbocycles. The third-order valence-electron chi connectivity index (χ3n) is 5.33. The second kappa shape index (κ2) is 8.22. The molecule has 32 heavy (non-hydrogen) atoms. The number of hydrogen-bond donors (Lipinski definition) is 1. The summed E-state index contributed by atoms with van der Waals surface area (Å²) in [7, 11) is 1.76. The third kappa shape index (κ3) is 3.82. The summed E-state index contributed by atoms with van der Waals surface area (Å²) in [5, 5.41) is 3.30. The van der Waals surface area contributed by atoms with E-state index in [2.05, 4.69) is 5.32 Å². The van der Waals surface area contributed by atoms with E-state index >= 15 is 0 Å². The van der Waals surface area contributed by atoms with E-state index in [1.54, 1.807) is 37.7 Å². The highest BCUT2D eigenvalue weighted by atomic mass is 16.5. The minimum Gasteiger partial charge on any atom is -0.483 e. The van der Waals surface area contributed by atoms with Crippen molar-refractivity contribution in [2.75, 3.05) is 11.9 Å². The molecule has 8 nitrogen and oxygen atoms in total. The number of amides is 1. The van der Waals surface area contributed by atoms with Crippen LogP contribution in [0, 0.1) is 20.8 Å². The van der Waals surface area contributed by atoms with Crippen molar-refractivity contribution in [1.82, 2.24) is 9.36 Å². The number of benzene rings is 2. The molecule has 164 valence electrons. The van der Waals surface area contributed by atoms with E-state index in [1.165, 1.54) is 10.7 Å². The van der Waals surface area contributed by atoms with E-state index in [9.17, 15) is 14.4 Å². The number of ether oxygens (including phenoxy) is 1. The van der Waals surface area contributed by atoms with Crippen molar-refractivity contribution in [2.24, 2.45) is 7.05 Å². The summed E-state index contributed by atoms with van der Waals surface area (Å²) in [5.41, 5.74) is 2.65. The molecule has 8 heteroatoms. The first-order chi connectivity index (χ1) is 15.3. The first-order valence-electron chi connectivity index (χ1n) is 10.1. The number of carbonyl (C=O) groups is 1. The fourth-order valence-electron chi connectivity index (χ4n) is 3.72. The summed E-state index contributed by atoms with van der Waals surface area (Å²) in [6.45, 7) is 5.07. The van der Waals surface area contributed by atoms with Crippen LogP contribution in [-0.4, -0.2) is 21.9 Å². The zero-order chi connectivity index (χ0) is 23.0. The van der Waals surface area contributed by atoms with Gasteiger partial charge in [-0.3, -0.25) is 14.3 Å². The molecule has 1 N–H and O–H groups in total. The molecule has 4 aromatic rings. The van der Waals surface area contributed by atoms with E-state index in [0.29, 0.717) is 33.7 Å². The van der Waals surface area contributed by atoms with Crippen LogP contribution < -0.4 is 21.2 Å².